The van der Waals surface area contributed by atoms with Crippen LogP contribution in [-0.4, -0.2) is 4.98 Å². The molecule has 0 unspecified atom stereocenters. The maximum atomic E-state index is 5.51. The SMILES string of the molecule is NCc1ncoc1-c1ccccc1. The summed E-state index contributed by atoms with van der Waals surface area (Å²) < 4.78 is 5.25. The Labute approximate surface area is 76.2 Å². The molecule has 0 radical (unpaired) electrons. The van der Waals surface area contributed by atoms with Crippen molar-refractivity contribution >= 4 is 0 Å². The van der Waals surface area contributed by atoms with Crippen molar-refractivity contribution in [2.45, 2.75) is 6.54 Å². The van der Waals surface area contributed by atoms with Gasteiger partial charge in [0.1, 0.15) is 5.69 Å². The van der Waals surface area contributed by atoms with Gasteiger partial charge in [-0.1, -0.05) is 30.3 Å². The van der Waals surface area contributed by atoms with Gasteiger partial charge in [0.05, 0.1) is 0 Å². The van der Waals surface area contributed by atoms with Crippen LogP contribution in [0.2, 0.25) is 0 Å². The molecule has 0 bridgehead atoms. The van der Waals surface area contributed by atoms with Crippen LogP contribution in [-0.2, 0) is 6.54 Å². The lowest BCUT2D eigenvalue weighted by Gasteiger charge is -1.97. The lowest BCUT2D eigenvalue weighted by Crippen LogP contribution is -1.97. The first kappa shape index (κ1) is 8.01. The number of hydrogen-bond acceptors (Lipinski definition) is 3. The van der Waals surface area contributed by atoms with E-state index in [-0.39, 0.29) is 0 Å². The zero-order chi connectivity index (χ0) is 9.10. The second kappa shape index (κ2) is 3.41. The molecule has 0 fully saturated rings. The third-order valence-electron chi connectivity index (χ3n) is 1.87. The highest BCUT2D eigenvalue weighted by Gasteiger charge is 2.07. The minimum Gasteiger partial charge on any atom is -0.443 e. The Morgan fingerprint density at radius 3 is 2.69 bits per heavy atom. The number of hydrogen-bond donors (Lipinski definition) is 1. The van der Waals surface area contributed by atoms with Gasteiger partial charge in [-0.25, -0.2) is 4.98 Å². The highest BCUT2D eigenvalue weighted by Crippen LogP contribution is 2.21. The predicted molar refractivity (Wildman–Crippen MR) is 49.8 cm³/mol. The molecule has 2 rings (SSSR count). The Morgan fingerprint density at radius 2 is 2.00 bits per heavy atom. The van der Waals surface area contributed by atoms with Crippen molar-refractivity contribution in [1.29, 1.82) is 0 Å². The fourth-order valence-corrected chi connectivity index (χ4v) is 1.24. The van der Waals surface area contributed by atoms with Crippen LogP contribution in [0.25, 0.3) is 11.3 Å². The van der Waals surface area contributed by atoms with E-state index in [2.05, 4.69) is 4.98 Å². The van der Waals surface area contributed by atoms with Crippen LogP contribution >= 0.6 is 0 Å². The smallest absolute Gasteiger partial charge is 0.181 e. The largest absolute Gasteiger partial charge is 0.443 e. The van der Waals surface area contributed by atoms with Crippen LogP contribution in [0.5, 0.6) is 0 Å². The minimum absolute atomic E-state index is 0.403. The molecule has 1 heterocycles. The lowest BCUT2D eigenvalue weighted by atomic mass is 10.1. The quantitative estimate of drug-likeness (QED) is 0.755. The van der Waals surface area contributed by atoms with Crippen LogP contribution in [0, 0.1) is 0 Å². The summed E-state index contributed by atoms with van der Waals surface area (Å²) in [5.74, 6) is 0.767. The Morgan fingerprint density at radius 1 is 1.23 bits per heavy atom. The monoisotopic (exact) mass is 174 g/mol. The first-order valence-electron chi connectivity index (χ1n) is 4.09. The van der Waals surface area contributed by atoms with Crippen molar-refractivity contribution in [2.75, 3.05) is 0 Å². The number of rotatable bonds is 2. The molecule has 2 aromatic rings. The normalized spacial score (nSPS) is 10.2. The van der Waals surface area contributed by atoms with Gasteiger partial charge in [-0.2, -0.15) is 0 Å². The zero-order valence-corrected chi connectivity index (χ0v) is 7.10. The maximum absolute atomic E-state index is 5.51. The Kier molecular flexibility index (Phi) is 2.10. The molecule has 0 saturated carbocycles. The van der Waals surface area contributed by atoms with Crippen LogP contribution < -0.4 is 5.73 Å². The van der Waals surface area contributed by atoms with Crippen LogP contribution in [0.15, 0.2) is 41.1 Å². The average Bonchev–Trinajstić information content (AvgIpc) is 2.67. The first-order valence-corrected chi connectivity index (χ1v) is 4.09. The molecule has 1 aromatic carbocycles. The predicted octanol–water partition coefficient (Wildman–Crippen LogP) is 1.80. The second-order valence-electron chi connectivity index (χ2n) is 2.70. The highest BCUT2D eigenvalue weighted by atomic mass is 16.3. The molecule has 2 N–H and O–H groups in total. The third-order valence-corrected chi connectivity index (χ3v) is 1.87. The second-order valence-corrected chi connectivity index (χ2v) is 2.70. The van der Waals surface area contributed by atoms with E-state index in [1.807, 2.05) is 30.3 Å². The van der Waals surface area contributed by atoms with E-state index in [1.165, 1.54) is 6.39 Å². The standard InChI is InChI=1S/C10H10N2O/c11-6-9-10(13-7-12-9)8-4-2-1-3-5-8/h1-5,7H,6,11H2. The van der Waals surface area contributed by atoms with E-state index in [1.54, 1.807) is 0 Å². The van der Waals surface area contributed by atoms with Crippen molar-refractivity contribution in [3.8, 4) is 11.3 Å². The average molecular weight is 174 g/mol. The van der Waals surface area contributed by atoms with Crippen molar-refractivity contribution in [3.05, 3.63) is 42.4 Å². The molecule has 0 atom stereocenters. The molecule has 0 aliphatic carbocycles. The van der Waals surface area contributed by atoms with Crippen LogP contribution in [0.4, 0.5) is 0 Å². The number of nitrogens with zero attached hydrogens (tertiary/aromatic N) is 1. The number of oxazole rings is 1. The van der Waals surface area contributed by atoms with E-state index >= 15 is 0 Å². The van der Waals surface area contributed by atoms with Gasteiger partial charge in [0, 0.05) is 12.1 Å². The van der Waals surface area contributed by atoms with Gasteiger partial charge in [-0.05, 0) is 0 Å². The topological polar surface area (TPSA) is 52.0 Å². The minimum atomic E-state index is 0.403. The zero-order valence-electron chi connectivity index (χ0n) is 7.10. The van der Waals surface area contributed by atoms with Gasteiger partial charge in [-0.3, -0.25) is 0 Å². The summed E-state index contributed by atoms with van der Waals surface area (Å²) in [7, 11) is 0. The fourth-order valence-electron chi connectivity index (χ4n) is 1.24. The van der Waals surface area contributed by atoms with E-state index in [0.29, 0.717) is 6.54 Å². The van der Waals surface area contributed by atoms with Gasteiger partial charge in [0.2, 0.25) is 0 Å². The Hall–Kier alpha value is -1.61. The molecular weight excluding hydrogens is 164 g/mol. The molecule has 0 saturated heterocycles. The van der Waals surface area contributed by atoms with Gasteiger partial charge in [-0.15, -0.1) is 0 Å². The summed E-state index contributed by atoms with van der Waals surface area (Å²) in [4.78, 5) is 4.02. The fraction of sp³-hybridized carbons (Fsp3) is 0.100. The molecule has 0 aliphatic rings. The summed E-state index contributed by atoms with van der Waals surface area (Å²) in [6.45, 7) is 0.403. The lowest BCUT2D eigenvalue weighted by molar-refractivity contribution is 0.571. The van der Waals surface area contributed by atoms with Crippen molar-refractivity contribution < 1.29 is 4.42 Å². The van der Waals surface area contributed by atoms with E-state index in [9.17, 15) is 0 Å². The number of nitrogens with two attached hydrogens (primary N) is 1. The first-order chi connectivity index (χ1) is 6.42. The summed E-state index contributed by atoms with van der Waals surface area (Å²) >= 11 is 0. The highest BCUT2D eigenvalue weighted by molar-refractivity contribution is 5.59. The Balaban J connectivity index is 2.47. The van der Waals surface area contributed by atoms with Crippen molar-refractivity contribution in [2.24, 2.45) is 5.73 Å². The molecule has 0 aliphatic heterocycles. The molecular formula is C10H10N2O. The summed E-state index contributed by atoms with van der Waals surface area (Å²) in [5.41, 5.74) is 7.32. The third kappa shape index (κ3) is 1.46. The number of benzene rings is 1. The molecule has 0 amide bonds. The van der Waals surface area contributed by atoms with Crippen LogP contribution in [0.1, 0.15) is 5.69 Å². The van der Waals surface area contributed by atoms with Crippen LogP contribution in [0.3, 0.4) is 0 Å². The molecule has 3 nitrogen and oxygen atoms in total. The van der Waals surface area contributed by atoms with Gasteiger partial charge < -0.3 is 10.2 Å². The van der Waals surface area contributed by atoms with E-state index in [0.717, 1.165) is 17.0 Å². The molecule has 0 spiro atoms. The Bertz CT molecular complexity index is 381. The molecule has 1 aromatic heterocycles. The van der Waals surface area contributed by atoms with Crippen molar-refractivity contribution in [1.82, 2.24) is 4.98 Å². The van der Waals surface area contributed by atoms with Gasteiger partial charge >= 0.3 is 0 Å². The van der Waals surface area contributed by atoms with Gasteiger partial charge in [0.15, 0.2) is 12.2 Å². The number of aromatic nitrogens is 1. The van der Waals surface area contributed by atoms with E-state index < -0.39 is 0 Å². The molecule has 3 heteroatoms. The van der Waals surface area contributed by atoms with Gasteiger partial charge in [0.25, 0.3) is 0 Å². The summed E-state index contributed by atoms with van der Waals surface area (Å²) in [5, 5.41) is 0. The maximum Gasteiger partial charge on any atom is 0.181 e. The summed E-state index contributed by atoms with van der Waals surface area (Å²) in [6, 6.07) is 9.82. The van der Waals surface area contributed by atoms with E-state index in [4.69, 9.17) is 10.2 Å². The van der Waals surface area contributed by atoms with Crippen molar-refractivity contribution in [3.63, 3.8) is 0 Å². The molecule has 66 valence electrons. The molecule has 13 heavy (non-hydrogen) atoms. The summed E-state index contributed by atoms with van der Waals surface area (Å²) in [6.07, 6.45) is 1.42.